The molecular formula is C25H30O2S. The number of allylic oxidation sites excluding steroid dienone is 3. The van der Waals surface area contributed by atoms with Gasteiger partial charge in [0.15, 0.2) is 0 Å². The summed E-state index contributed by atoms with van der Waals surface area (Å²) in [6.07, 6.45) is 15.1. The van der Waals surface area contributed by atoms with Crippen molar-refractivity contribution >= 4 is 11.8 Å². The summed E-state index contributed by atoms with van der Waals surface area (Å²) in [4.78, 5) is 0. The van der Waals surface area contributed by atoms with Crippen LogP contribution in [0.1, 0.15) is 56.1 Å². The van der Waals surface area contributed by atoms with Crippen molar-refractivity contribution in [3.05, 3.63) is 64.6 Å². The van der Waals surface area contributed by atoms with Gasteiger partial charge in [-0.2, -0.15) is 0 Å². The first-order valence-electron chi connectivity index (χ1n) is 10.7. The van der Waals surface area contributed by atoms with Crippen LogP contribution in [0.2, 0.25) is 0 Å². The Bertz CT molecular complexity index is 869. The van der Waals surface area contributed by atoms with Crippen LogP contribution >= 0.6 is 11.8 Å². The molecule has 2 N–H and O–H groups in total. The van der Waals surface area contributed by atoms with Gasteiger partial charge in [-0.1, -0.05) is 37.3 Å². The molecular weight excluding hydrogens is 364 g/mol. The molecule has 3 aliphatic carbocycles. The summed E-state index contributed by atoms with van der Waals surface area (Å²) in [6, 6.07) is 5.98. The van der Waals surface area contributed by atoms with Crippen LogP contribution in [0.4, 0.5) is 0 Å². The van der Waals surface area contributed by atoms with Gasteiger partial charge in [0.05, 0.1) is 5.60 Å². The Hall–Kier alpha value is -1.45. The van der Waals surface area contributed by atoms with E-state index in [-0.39, 0.29) is 5.41 Å². The molecule has 1 aromatic carbocycles. The third-order valence-corrected chi connectivity index (χ3v) is 9.02. The summed E-state index contributed by atoms with van der Waals surface area (Å²) in [5.41, 5.74) is 3.26. The zero-order valence-corrected chi connectivity index (χ0v) is 17.4. The average molecular weight is 395 g/mol. The molecule has 0 spiro atoms. The lowest BCUT2D eigenvalue weighted by molar-refractivity contribution is -0.0709. The second-order valence-corrected chi connectivity index (χ2v) is 10.3. The highest BCUT2D eigenvalue weighted by Crippen LogP contribution is 2.64. The van der Waals surface area contributed by atoms with Crippen molar-refractivity contribution < 1.29 is 10.2 Å². The highest BCUT2D eigenvalue weighted by atomic mass is 32.2. The third kappa shape index (κ3) is 2.81. The zero-order valence-electron chi connectivity index (χ0n) is 16.6. The number of hydrogen-bond acceptors (Lipinski definition) is 3. The van der Waals surface area contributed by atoms with E-state index in [1.165, 1.54) is 23.1 Å². The molecule has 1 aromatic rings. The first-order chi connectivity index (χ1) is 13.5. The highest BCUT2D eigenvalue weighted by molar-refractivity contribution is 8.02. The number of phenols is 1. The fourth-order valence-electron chi connectivity index (χ4n) is 6.65. The molecule has 5 atom stereocenters. The smallest absolute Gasteiger partial charge is 0.115 e. The minimum atomic E-state index is -0.700. The van der Waals surface area contributed by atoms with Gasteiger partial charge >= 0.3 is 0 Å². The molecule has 148 valence electrons. The zero-order chi connectivity index (χ0) is 19.4. The van der Waals surface area contributed by atoms with E-state index in [1.807, 2.05) is 23.9 Å². The number of fused-ring (bicyclic) bond motifs is 5. The van der Waals surface area contributed by atoms with E-state index in [2.05, 4.69) is 42.7 Å². The normalized spacial score (nSPS) is 39.4. The minimum absolute atomic E-state index is 0.0365. The number of hydrogen-bond donors (Lipinski definition) is 2. The van der Waals surface area contributed by atoms with E-state index in [1.54, 1.807) is 0 Å². The van der Waals surface area contributed by atoms with Crippen LogP contribution in [0.5, 0.6) is 5.75 Å². The van der Waals surface area contributed by atoms with E-state index < -0.39 is 5.60 Å². The minimum Gasteiger partial charge on any atom is -0.508 e. The largest absolute Gasteiger partial charge is 0.508 e. The molecule has 1 heterocycles. The fourth-order valence-corrected chi connectivity index (χ4v) is 7.30. The molecule has 0 saturated heterocycles. The molecule has 2 saturated carbocycles. The monoisotopic (exact) mass is 394 g/mol. The van der Waals surface area contributed by atoms with Crippen LogP contribution in [0, 0.1) is 17.3 Å². The molecule has 0 amide bonds. The van der Waals surface area contributed by atoms with Crippen LogP contribution in [0.25, 0.3) is 0 Å². The number of aliphatic hydroxyl groups is 1. The predicted molar refractivity (Wildman–Crippen MR) is 116 cm³/mol. The quantitative estimate of drug-likeness (QED) is 0.674. The lowest BCUT2D eigenvalue weighted by atomic mass is 9.53. The Labute approximate surface area is 172 Å². The summed E-state index contributed by atoms with van der Waals surface area (Å²) in [5.74, 6) is 3.26. The second kappa shape index (κ2) is 6.81. The van der Waals surface area contributed by atoms with Crippen LogP contribution < -0.4 is 0 Å². The number of thioether (sulfide) groups is 1. The second-order valence-electron chi connectivity index (χ2n) is 9.40. The maximum Gasteiger partial charge on any atom is 0.115 e. The van der Waals surface area contributed by atoms with Gasteiger partial charge in [0.25, 0.3) is 0 Å². The van der Waals surface area contributed by atoms with Crippen LogP contribution in [-0.4, -0.2) is 21.6 Å². The molecule has 5 unspecified atom stereocenters. The summed E-state index contributed by atoms with van der Waals surface area (Å²) in [7, 11) is 0. The maximum absolute atomic E-state index is 11.7. The Balaban J connectivity index is 1.42. The van der Waals surface area contributed by atoms with Crippen molar-refractivity contribution in [2.24, 2.45) is 17.3 Å². The van der Waals surface area contributed by atoms with Crippen LogP contribution in [0.15, 0.2) is 53.5 Å². The molecule has 2 fully saturated rings. The van der Waals surface area contributed by atoms with Gasteiger partial charge < -0.3 is 10.2 Å². The Morgan fingerprint density at radius 2 is 2.07 bits per heavy atom. The summed E-state index contributed by atoms with van der Waals surface area (Å²) in [6.45, 7) is 2.34. The molecule has 5 rings (SSSR count). The van der Waals surface area contributed by atoms with Gasteiger partial charge in [0, 0.05) is 11.2 Å². The molecule has 1 aliphatic heterocycles. The first kappa shape index (κ1) is 18.6. The van der Waals surface area contributed by atoms with E-state index in [9.17, 15) is 10.2 Å². The SMILES string of the molecule is CC12CCC3c4ccc(O)cc4CCC3C1CCC2(O)/C=C/C1=CSCC=C1. The van der Waals surface area contributed by atoms with E-state index in [4.69, 9.17) is 0 Å². The van der Waals surface area contributed by atoms with E-state index >= 15 is 0 Å². The summed E-state index contributed by atoms with van der Waals surface area (Å²) >= 11 is 1.82. The first-order valence-corrected chi connectivity index (χ1v) is 11.8. The molecule has 2 nitrogen and oxygen atoms in total. The van der Waals surface area contributed by atoms with Crippen molar-refractivity contribution in [3.63, 3.8) is 0 Å². The van der Waals surface area contributed by atoms with E-state index in [0.717, 1.165) is 37.9 Å². The van der Waals surface area contributed by atoms with E-state index in [0.29, 0.717) is 23.5 Å². The Morgan fingerprint density at radius 3 is 2.89 bits per heavy atom. The number of rotatable bonds is 2. The third-order valence-electron chi connectivity index (χ3n) is 8.20. The van der Waals surface area contributed by atoms with Gasteiger partial charge in [-0.3, -0.25) is 0 Å². The summed E-state index contributed by atoms with van der Waals surface area (Å²) < 4.78 is 0. The standard InChI is InChI=1S/C25H30O2S/c1-24-11-9-21-20-7-5-19(26)15-18(20)4-6-22(21)23(24)10-13-25(24,27)12-8-17-3-2-14-28-16-17/h2-3,5,7-8,12,15-16,21-23,26-27H,4,6,9-11,13-14H2,1H3/b12-8+. The molecule has 3 heteroatoms. The van der Waals surface area contributed by atoms with Gasteiger partial charge in [0.1, 0.15) is 5.75 Å². The molecule has 4 aliphatic rings. The van der Waals surface area contributed by atoms with Crippen molar-refractivity contribution in [2.45, 2.75) is 57.0 Å². The number of aryl methyl sites for hydroxylation is 1. The molecule has 28 heavy (non-hydrogen) atoms. The van der Waals surface area contributed by atoms with Crippen molar-refractivity contribution in [3.8, 4) is 5.75 Å². The van der Waals surface area contributed by atoms with Crippen molar-refractivity contribution in [1.82, 2.24) is 0 Å². The van der Waals surface area contributed by atoms with Gasteiger partial charge in [-0.05, 0) is 90.5 Å². The predicted octanol–water partition coefficient (Wildman–Crippen LogP) is 5.72. The van der Waals surface area contributed by atoms with Gasteiger partial charge in [-0.25, -0.2) is 0 Å². The average Bonchev–Trinajstić information content (AvgIpc) is 2.98. The van der Waals surface area contributed by atoms with Gasteiger partial charge in [0.2, 0.25) is 0 Å². The fraction of sp³-hybridized carbons (Fsp3) is 0.520. The van der Waals surface area contributed by atoms with Gasteiger partial charge in [-0.15, -0.1) is 11.8 Å². The lowest BCUT2D eigenvalue weighted by Crippen LogP contribution is -2.49. The highest BCUT2D eigenvalue weighted by Gasteiger charge is 2.60. The number of phenolic OH excluding ortho intramolecular Hbond substituents is 1. The molecule has 0 radical (unpaired) electrons. The Kier molecular flexibility index (Phi) is 4.52. The number of benzene rings is 1. The topological polar surface area (TPSA) is 40.5 Å². The maximum atomic E-state index is 11.7. The number of aromatic hydroxyl groups is 1. The Morgan fingerprint density at radius 1 is 1.18 bits per heavy atom. The van der Waals surface area contributed by atoms with Crippen molar-refractivity contribution in [2.75, 3.05) is 5.75 Å². The van der Waals surface area contributed by atoms with Crippen LogP contribution in [-0.2, 0) is 6.42 Å². The molecule has 0 bridgehead atoms. The lowest BCUT2D eigenvalue weighted by Gasteiger charge is -2.52. The molecule has 0 aromatic heterocycles. The summed E-state index contributed by atoms with van der Waals surface area (Å²) in [5, 5.41) is 23.8. The van der Waals surface area contributed by atoms with Crippen LogP contribution in [0.3, 0.4) is 0 Å². The van der Waals surface area contributed by atoms with Crippen molar-refractivity contribution in [1.29, 1.82) is 0 Å².